The van der Waals surface area contributed by atoms with Gasteiger partial charge in [-0.05, 0) is 18.2 Å². The summed E-state index contributed by atoms with van der Waals surface area (Å²) in [5.74, 6) is 0.870. The van der Waals surface area contributed by atoms with E-state index in [0.29, 0.717) is 11.4 Å². The second-order valence-electron chi connectivity index (χ2n) is 6.48. The molecule has 0 aliphatic heterocycles. The van der Waals surface area contributed by atoms with Gasteiger partial charge in [-0.25, -0.2) is 23.2 Å². The van der Waals surface area contributed by atoms with Crippen LogP contribution in [-0.4, -0.2) is 39.7 Å². The fraction of sp³-hybridized carbons (Fsp3) is 0.294. The van der Waals surface area contributed by atoms with E-state index in [9.17, 15) is 18.0 Å². The summed E-state index contributed by atoms with van der Waals surface area (Å²) in [5, 5.41) is 0.0914. The van der Waals surface area contributed by atoms with Crippen molar-refractivity contribution in [2.24, 2.45) is 0 Å². The normalized spacial score (nSPS) is 12.2. The molecule has 0 unspecified atom stereocenters. The fourth-order valence-electron chi connectivity index (χ4n) is 2.57. The summed E-state index contributed by atoms with van der Waals surface area (Å²) in [4.78, 5) is 36.2. The Kier molecular flexibility index (Phi) is 4.94. The SMILES string of the molecule is CC(C)c1ncc(CN(C)S(=O)(=O)c2ccc3[nH]c(=O)[nH]c(=O)c3c2)cn1. The minimum Gasteiger partial charge on any atom is -0.307 e. The molecule has 3 rings (SSSR count). The number of H-pyrrole nitrogens is 2. The molecule has 142 valence electrons. The van der Waals surface area contributed by atoms with E-state index in [4.69, 9.17) is 0 Å². The standard InChI is InChI=1S/C17H19N5O4S/c1-10(2)15-18-7-11(8-19-15)9-22(3)27(25,26)12-4-5-14-13(6-12)16(23)21-17(24)20-14/h4-8,10H,9H2,1-3H3,(H2,20,21,23,24). The van der Waals surface area contributed by atoms with Crippen molar-refractivity contribution >= 4 is 20.9 Å². The minimum atomic E-state index is -3.85. The van der Waals surface area contributed by atoms with E-state index in [-0.39, 0.29) is 28.3 Å². The van der Waals surface area contributed by atoms with Gasteiger partial charge in [0, 0.05) is 37.5 Å². The Bertz CT molecular complexity index is 1200. The van der Waals surface area contributed by atoms with E-state index in [2.05, 4.69) is 19.9 Å². The van der Waals surface area contributed by atoms with Crippen LogP contribution in [0.5, 0.6) is 0 Å². The van der Waals surface area contributed by atoms with Gasteiger partial charge in [-0.1, -0.05) is 13.8 Å². The molecule has 2 aromatic heterocycles. The minimum absolute atomic E-state index is 0.0465. The summed E-state index contributed by atoms with van der Waals surface area (Å²) >= 11 is 0. The third-order valence-corrected chi connectivity index (χ3v) is 5.87. The predicted octanol–water partition coefficient (Wildman–Crippen LogP) is 0.950. The molecule has 0 fully saturated rings. The number of benzene rings is 1. The van der Waals surface area contributed by atoms with E-state index in [1.807, 2.05) is 13.8 Å². The summed E-state index contributed by atoms with van der Waals surface area (Å²) in [6, 6.07) is 3.99. The lowest BCUT2D eigenvalue weighted by Crippen LogP contribution is -2.27. The molecule has 0 aliphatic rings. The lowest BCUT2D eigenvalue weighted by Gasteiger charge is -2.17. The van der Waals surface area contributed by atoms with Gasteiger partial charge in [-0.2, -0.15) is 4.31 Å². The number of aromatic amines is 2. The topological polar surface area (TPSA) is 129 Å². The number of hydrogen-bond acceptors (Lipinski definition) is 6. The van der Waals surface area contributed by atoms with E-state index in [0.717, 1.165) is 4.31 Å². The third kappa shape index (κ3) is 3.81. The Hall–Kier alpha value is -2.85. The molecular formula is C17H19N5O4S. The Morgan fingerprint density at radius 3 is 2.41 bits per heavy atom. The lowest BCUT2D eigenvalue weighted by atomic mass is 10.2. The Morgan fingerprint density at radius 2 is 1.78 bits per heavy atom. The van der Waals surface area contributed by atoms with Crippen molar-refractivity contribution in [2.45, 2.75) is 31.2 Å². The van der Waals surface area contributed by atoms with Crippen molar-refractivity contribution in [3.8, 4) is 0 Å². The number of hydrogen-bond donors (Lipinski definition) is 2. The zero-order valence-electron chi connectivity index (χ0n) is 15.1. The highest BCUT2D eigenvalue weighted by Crippen LogP contribution is 2.19. The molecule has 0 spiro atoms. The van der Waals surface area contributed by atoms with Crippen molar-refractivity contribution in [3.63, 3.8) is 0 Å². The summed E-state index contributed by atoms with van der Waals surface area (Å²) in [7, 11) is -2.41. The molecule has 27 heavy (non-hydrogen) atoms. The molecule has 2 heterocycles. The van der Waals surface area contributed by atoms with E-state index < -0.39 is 21.3 Å². The first-order valence-electron chi connectivity index (χ1n) is 8.22. The van der Waals surface area contributed by atoms with Crippen LogP contribution in [0.1, 0.15) is 31.2 Å². The Labute approximate surface area is 155 Å². The lowest BCUT2D eigenvalue weighted by molar-refractivity contribution is 0.465. The largest absolute Gasteiger partial charge is 0.326 e. The van der Waals surface area contributed by atoms with E-state index in [1.165, 1.54) is 25.2 Å². The average Bonchev–Trinajstić information content (AvgIpc) is 2.61. The van der Waals surface area contributed by atoms with E-state index in [1.54, 1.807) is 12.4 Å². The molecule has 1 aromatic carbocycles. The van der Waals surface area contributed by atoms with Crippen molar-refractivity contribution in [1.29, 1.82) is 0 Å². The quantitative estimate of drug-likeness (QED) is 0.668. The zero-order valence-corrected chi connectivity index (χ0v) is 15.9. The molecule has 10 heteroatoms. The first kappa shape index (κ1) is 18.9. The number of sulfonamides is 1. The van der Waals surface area contributed by atoms with Crippen molar-refractivity contribution in [3.05, 3.63) is 62.8 Å². The molecule has 0 aliphatic carbocycles. The van der Waals surface area contributed by atoms with Crippen LogP contribution in [0.2, 0.25) is 0 Å². The molecule has 3 aromatic rings. The van der Waals surface area contributed by atoms with Gasteiger partial charge in [0.2, 0.25) is 10.0 Å². The van der Waals surface area contributed by atoms with Gasteiger partial charge in [0.1, 0.15) is 5.82 Å². The van der Waals surface area contributed by atoms with Crippen LogP contribution in [-0.2, 0) is 16.6 Å². The Balaban J connectivity index is 1.92. The summed E-state index contributed by atoms with van der Waals surface area (Å²) < 4.78 is 26.8. The molecule has 9 nitrogen and oxygen atoms in total. The van der Waals surface area contributed by atoms with Gasteiger partial charge in [-0.3, -0.25) is 9.78 Å². The highest BCUT2D eigenvalue weighted by atomic mass is 32.2. The van der Waals surface area contributed by atoms with Crippen molar-refractivity contribution < 1.29 is 8.42 Å². The number of aromatic nitrogens is 4. The van der Waals surface area contributed by atoms with Crippen LogP contribution in [0.3, 0.4) is 0 Å². The highest BCUT2D eigenvalue weighted by molar-refractivity contribution is 7.89. The number of nitrogens with one attached hydrogen (secondary N) is 2. The summed E-state index contributed by atoms with van der Waals surface area (Å²) in [6.07, 6.45) is 3.20. The first-order valence-corrected chi connectivity index (χ1v) is 9.66. The summed E-state index contributed by atoms with van der Waals surface area (Å²) in [5.41, 5.74) is -0.382. The van der Waals surface area contributed by atoms with Gasteiger partial charge in [-0.15, -0.1) is 0 Å². The maximum absolute atomic E-state index is 12.8. The second-order valence-corrected chi connectivity index (χ2v) is 8.53. The van der Waals surface area contributed by atoms with Crippen LogP contribution in [0.15, 0.2) is 45.1 Å². The molecular weight excluding hydrogens is 370 g/mol. The number of fused-ring (bicyclic) bond motifs is 1. The second kappa shape index (κ2) is 7.05. The molecule has 0 amide bonds. The molecule has 0 bridgehead atoms. The molecule has 0 radical (unpaired) electrons. The molecule has 0 saturated heterocycles. The zero-order chi connectivity index (χ0) is 19.8. The van der Waals surface area contributed by atoms with Gasteiger partial charge >= 0.3 is 5.69 Å². The first-order chi connectivity index (χ1) is 12.7. The Morgan fingerprint density at radius 1 is 1.11 bits per heavy atom. The highest BCUT2D eigenvalue weighted by Gasteiger charge is 2.22. The van der Waals surface area contributed by atoms with Crippen LogP contribution in [0.4, 0.5) is 0 Å². The van der Waals surface area contributed by atoms with Gasteiger partial charge < -0.3 is 4.98 Å². The third-order valence-electron chi connectivity index (χ3n) is 4.07. The number of rotatable bonds is 5. The predicted molar refractivity (Wildman–Crippen MR) is 100.0 cm³/mol. The maximum Gasteiger partial charge on any atom is 0.326 e. The van der Waals surface area contributed by atoms with Gasteiger partial charge in [0.15, 0.2) is 0 Å². The smallest absolute Gasteiger partial charge is 0.307 e. The van der Waals surface area contributed by atoms with Crippen molar-refractivity contribution in [2.75, 3.05) is 7.05 Å². The molecule has 0 atom stereocenters. The van der Waals surface area contributed by atoms with E-state index >= 15 is 0 Å². The fourth-order valence-corrected chi connectivity index (χ4v) is 3.76. The molecule has 0 saturated carbocycles. The molecule has 2 N–H and O–H groups in total. The maximum atomic E-state index is 12.8. The van der Waals surface area contributed by atoms with Crippen LogP contribution in [0, 0.1) is 0 Å². The monoisotopic (exact) mass is 389 g/mol. The van der Waals surface area contributed by atoms with Crippen molar-refractivity contribution in [1.82, 2.24) is 24.2 Å². The van der Waals surface area contributed by atoms with Gasteiger partial charge in [0.25, 0.3) is 5.56 Å². The van der Waals surface area contributed by atoms with Gasteiger partial charge in [0.05, 0.1) is 15.8 Å². The van der Waals surface area contributed by atoms with Crippen LogP contribution >= 0.6 is 0 Å². The van der Waals surface area contributed by atoms with Crippen LogP contribution < -0.4 is 11.2 Å². The van der Waals surface area contributed by atoms with Crippen LogP contribution in [0.25, 0.3) is 10.9 Å². The summed E-state index contributed by atoms with van der Waals surface area (Å²) in [6.45, 7) is 4.03. The average molecular weight is 389 g/mol. The number of nitrogens with zero attached hydrogens (tertiary/aromatic N) is 3.